The van der Waals surface area contributed by atoms with Crippen molar-refractivity contribution in [2.24, 2.45) is 0 Å². The summed E-state index contributed by atoms with van der Waals surface area (Å²) in [7, 11) is 0. The van der Waals surface area contributed by atoms with E-state index < -0.39 is 0 Å². The molecular formula is C18H19NO3. The summed E-state index contributed by atoms with van der Waals surface area (Å²) in [6, 6.07) is 0. The number of Topliss-reactive ketones (excluding diaryl/α,β-unsaturated/α-hetero) is 1. The maximum absolute atomic E-state index is 12.7. The highest BCUT2D eigenvalue weighted by Gasteiger charge is 2.37. The van der Waals surface area contributed by atoms with Gasteiger partial charge in [0.2, 0.25) is 5.78 Å². The first kappa shape index (κ1) is 13.7. The van der Waals surface area contributed by atoms with Gasteiger partial charge in [0.15, 0.2) is 6.10 Å². The molecule has 1 atom stereocenters. The third-order valence-corrected chi connectivity index (χ3v) is 4.41. The van der Waals surface area contributed by atoms with E-state index in [1.54, 1.807) is 0 Å². The zero-order chi connectivity index (χ0) is 14.9. The molecule has 2 saturated heterocycles. The number of rotatable bonds is 2. The molecule has 4 rings (SSSR count). The van der Waals surface area contributed by atoms with E-state index in [0.29, 0.717) is 6.54 Å². The molecule has 2 fully saturated rings. The van der Waals surface area contributed by atoms with Crippen LogP contribution in [0.4, 0.5) is 0 Å². The van der Waals surface area contributed by atoms with Gasteiger partial charge in [-0.05, 0) is 29.7 Å². The second-order valence-electron chi connectivity index (χ2n) is 6.00. The molecule has 0 N–H and O–H groups in total. The Labute approximate surface area is 130 Å². The van der Waals surface area contributed by atoms with E-state index in [1.807, 2.05) is 24.3 Å². The van der Waals surface area contributed by atoms with E-state index in [9.17, 15) is 4.79 Å². The molecule has 2 heterocycles. The third-order valence-electron chi connectivity index (χ3n) is 4.41. The van der Waals surface area contributed by atoms with E-state index in [4.69, 9.17) is 9.47 Å². The van der Waals surface area contributed by atoms with Crippen LogP contribution in [-0.4, -0.2) is 49.6 Å². The first-order chi connectivity index (χ1) is 10.8. The number of ether oxygens (including phenoxy) is 2. The topological polar surface area (TPSA) is 38.8 Å². The molecule has 0 aromatic carbocycles. The summed E-state index contributed by atoms with van der Waals surface area (Å²) in [5.74, 6) is 0.836. The van der Waals surface area contributed by atoms with Crippen LogP contribution in [0.5, 0.6) is 0 Å². The molecule has 2 bridgehead atoms. The standard InChI is InChI=1S/C18H19NO3/c20-18-15-10-13-3-1-2-4-14(9-13)11-16(15)22-17(18)12-19-5-7-21-8-6-19/h1-4,10-11,17H,5-9,12H2. The van der Waals surface area contributed by atoms with Gasteiger partial charge in [-0.15, -0.1) is 0 Å². The fraction of sp³-hybridized carbons (Fsp3) is 0.389. The normalized spacial score (nSPS) is 27.8. The van der Waals surface area contributed by atoms with E-state index >= 15 is 0 Å². The summed E-state index contributed by atoms with van der Waals surface area (Å²) in [5.41, 5.74) is 3.06. The van der Waals surface area contributed by atoms with Gasteiger partial charge in [0.1, 0.15) is 5.76 Å². The number of hydrogen-bond acceptors (Lipinski definition) is 4. The lowest BCUT2D eigenvalue weighted by molar-refractivity contribution is -0.121. The monoisotopic (exact) mass is 297 g/mol. The van der Waals surface area contributed by atoms with Crippen molar-refractivity contribution in [3.05, 3.63) is 58.9 Å². The fourth-order valence-electron chi connectivity index (χ4n) is 3.22. The maximum atomic E-state index is 12.7. The van der Waals surface area contributed by atoms with E-state index in [-0.39, 0.29) is 11.9 Å². The summed E-state index contributed by atoms with van der Waals surface area (Å²) in [4.78, 5) is 14.9. The molecule has 0 radical (unpaired) electrons. The molecule has 0 aromatic heterocycles. The Morgan fingerprint density at radius 2 is 1.82 bits per heavy atom. The zero-order valence-electron chi connectivity index (χ0n) is 12.5. The van der Waals surface area contributed by atoms with Crippen molar-refractivity contribution < 1.29 is 14.3 Å². The van der Waals surface area contributed by atoms with Gasteiger partial charge >= 0.3 is 0 Å². The highest BCUT2D eigenvalue weighted by atomic mass is 16.5. The van der Waals surface area contributed by atoms with Gasteiger partial charge in [0, 0.05) is 19.6 Å². The molecule has 0 amide bonds. The quantitative estimate of drug-likeness (QED) is 0.780. The van der Waals surface area contributed by atoms with Gasteiger partial charge < -0.3 is 9.47 Å². The van der Waals surface area contributed by atoms with Crippen LogP contribution in [-0.2, 0) is 14.3 Å². The van der Waals surface area contributed by atoms with Crippen molar-refractivity contribution in [1.82, 2.24) is 4.90 Å². The highest BCUT2D eigenvalue weighted by molar-refractivity contribution is 6.05. The third kappa shape index (κ3) is 2.60. The van der Waals surface area contributed by atoms with Gasteiger partial charge in [0.05, 0.1) is 18.8 Å². The molecule has 114 valence electrons. The molecule has 0 spiro atoms. The van der Waals surface area contributed by atoms with Crippen molar-refractivity contribution in [3.63, 3.8) is 0 Å². The Bertz CT molecular complexity index is 645. The van der Waals surface area contributed by atoms with E-state index in [0.717, 1.165) is 49.6 Å². The predicted molar refractivity (Wildman–Crippen MR) is 83.2 cm³/mol. The molecule has 2 aliphatic carbocycles. The predicted octanol–water partition coefficient (Wildman–Crippen LogP) is 1.92. The number of carbonyl (C=O) groups is 1. The smallest absolute Gasteiger partial charge is 0.208 e. The van der Waals surface area contributed by atoms with Gasteiger partial charge in [-0.2, -0.15) is 0 Å². The lowest BCUT2D eigenvalue weighted by atomic mass is 10.0. The van der Waals surface area contributed by atoms with Crippen LogP contribution in [0.15, 0.2) is 58.9 Å². The van der Waals surface area contributed by atoms with Crippen molar-refractivity contribution in [2.45, 2.75) is 12.5 Å². The van der Waals surface area contributed by atoms with Gasteiger partial charge in [-0.3, -0.25) is 9.69 Å². The van der Waals surface area contributed by atoms with Crippen LogP contribution < -0.4 is 0 Å². The number of nitrogens with zero attached hydrogens (tertiary/aromatic N) is 1. The molecular weight excluding hydrogens is 278 g/mol. The number of carbonyl (C=O) groups excluding carboxylic acids is 1. The second-order valence-corrected chi connectivity index (χ2v) is 6.00. The highest BCUT2D eigenvalue weighted by Crippen LogP contribution is 2.34. The molecule has 4 nitrogen and oxygen atoms in total. The van der Waals surface area contributed by atoms with E-state index in [1.165, 1.54) is 5.57 Å². The Hall–Kier alpha value is -1.91. The van der Waals surface area contributed by atoms with Gasteiger partial charge in [-0.25, -0.2) is 0 Å². The lowest BCUT2D eigenvalue weighted by Gasteiger charge is -2.27. The zero-order valence-corrected chi connectivity index (χ0v) is 12.5. The minimum atomic E-state index is -0.384. The molecule has 1 unspecified atom stereocenters. The van der Waals surface area contributed by atoms with Crippen LogP contribution in [0, 0.1) is 0 Å². The summed E-state index contributed by atoms with van der Waals surface area (Å²) < 4.78 is 11.3. The Morgan fingerprint density at radius 3 is 2.59 bits per heavy atom. The largest absolute Gasteiger partial charge is 0.480 e. The minimum Gasteiger partial charge on any atom is -0.480 e. The molecule has 4 heteroatoms. The average molecular weight is 297 g/mol. The van der Waals surface area contributed by atoms with Crippen LogP contribution in [0.1, 0.15) is 6.42 Å². The fourth-order valence-corrected chi connectivity index (χ4v) is 3.22. The van der Waals surface area contributed by atoms with Crippen LogP contribution in [0.3, 0.4) is 0 Å². The van der Waals surface area contributed by atoms with Gasteiger partial charge in [0.25, 0.3) is 0 Å². The van der Waals surface area contributed by atoms with Gasteiger partial charge in [-0.1, -0.05) is 24.3 Å². The Morgan fingerprint density at radius 1 is 1.09 bits per heavy atom. The average Bonchev–Trinajstić information content (AvgIpc) is 2.73. The number of hydrogen-bond donors (Lipinski definition) is 0. The Kier molecular flexibility index (Phi) is 3.56. The first-order valence-electron chi connectivity index (χ1n) is 7.81. The van der Waals surface area contributed by atoms with Crippen molar-refractivity contribution in [2.75, 3.05) is 32.8 Å². The summed E-state index contributed by atoms with van der Waals surface area (Å²) in [6.07, 6.45) is 12.7. The summed E-state index contributed by atoms with van der Waals surface area (Å²) in [6.45, 7) is 3.85. The summed E-state index contributed by atoms with van der Waals surface area (Å²) in [5, 5.41) is 0. The number of ketones is 1. The minimum absolute atomic E-state index is 0.106. The molecule has 0 aromatic rings. The molecule has 2 aliphatic heterocycles. The number of allylic oxidation sites excluding steroid dienone is 9. The molecule has 4 aliphatic rings. The van der Waals surface area contributed by atoms with Crippen molar-refractivity contribution >= 4 is 5.78 Å². The lowest BCUT2D eigenvalue weighted by Crippen LogP contribution is -2.42. The first-order valence-corrected chi connectivity index (χ1v) is 7.81. The maximum Gasteiger partial charge on any atom is 0.208 e. The van der Waals surface area contributed by atoms with E-state index in [2.05, 4.69) is 17.1 Å². The number of fused-ring (bicyclic) bond motifs is 3. The van der Waals surface area contributed by atoms with Crippen LogP contribution in [0.2, 0.25) is 0 Å². The van der Waals surface area contributed by atoms with Crippen LogP contribution in [0.25, 0.3) is 0 Å². The molecule has 22 heavy (non-hydrogen) atoms. The van der Waals surface area contributed by atoms with Crippen molar-refractivity contribution in [1.29, 1.82) is 0 Å². The SMILES string of the molecule is O=C1C2=CC3=CC=CC=C(C=C2OC1CN1CCOCC1)C3. The Balaban J connectivity index is 1.58. The number of morpholine rings is 1. The van der Waals surface area contributed by atoms with Crippen molar-refractivity contribution in [3.8, 4) is 0 Å². The molecule has 0 saturated carbocycles. The van der Waals surface area contributed by atoms with Crippen LogP contribution >= 0.6 is 0 Å². The summed E-state index contributed by atoms with van der Waals surface area (Å²) >= 11 is 0. The second kappa shape index (κ2) is 5.71.